The first kappa shape index (κ1) is 24.7. The van der Waals surface area contributed by atoms with Crippen LogP contribution in [0.25, 0.3) is 0 Å². The van der Waals surface area contributed by atoms with E-state index in [1.165, 1.54) is 0 Å². The lowest BCUT2D eigenvalue weighted by atomic mass is 10.2. The first-order valence-corrected chi connectivity index (χ1v) is 9.27. The summed E-state index contributed by atoms with van der Waals surface area (Å²) < 4.78 is 31.7. The molecule has 2 rings (SSSR count). The molecule has 0 spiro atoms. The number of halogens is 4. The number of carbonyl (C=O) groups excluding carboxylic acids is 2. The van der Waals surface area contributed by atoms with Crippen LogP contribution < -0.4 is 5.32 Å². The number of hydrogen-bond donors (Lipinski definition) is 2. The molecule has 1 aliphatic heterocycles. The van der Waals surface area contributed by atoms with Gasteiger partial charge in [0.25, 0.3) is 5.91 Å². The predicted octanol–water partition coefficient (Wildman–Crippen LogP) is 2.26. The van der Waals surface area contributed by atoms with Crippen LogP contribution in [0.5, 0.6) is 0 Å². The maximum atomic E-state index is 12.6. The second-order valence-electron chi connectivity index (χ2n) is 6.17. The zero-order chi connectivity index (χ0) is 22.0. The monoisotopic (exact) mass is 437 g/mol. The van der Waals surface area contributed by atoms with Crippen LogP contribution in [0.1, 0.15) is 23.7 Å². The Morgan fingerprint density at radius 3 is 2.14 bits per heavy atom. The number of alkyl halides is 3. The molecule has 0 bridgehead atoms. The Labute approximate surface area is 171 Å². The Kier molecular flexibility index (Phi) is 9.90. The highest BCUT2D eigenvalue weighted by Crippen LogP contribution is 2.13. The Morgan fingerprint density at radius 1 is 1.17 bits per heavy atom. The fraction of sp³-hybridized carbons (Fsp3) is 0.500. The zero-order valence-corrected chi connectivity index (χ0v) is 16.6. The van der Waals surface area contributed by atoms with Gasteiger partial charge < -0.3 is 20.2 Å². The van der Waals surface area contributed by atoms with Crippen LogP contribution in [-0.2, 0) is 9.59 Å². The molecular formula is C18H23ClF3N3O4. The Bertz CT molecular complexity index is 693. The van der Waals surface area contributed by atoms with E-state index in [1.54, 1.807) is 29.2 Å². The topological polar surface area (TPSA) is 90.0 Å². The molecule has 0 saturated carbocycles. The van der Waals surface area contributed by atoms with Crippen LogP contribution in [0, 0.1) is 0 Å². The minimum atomic E-state index is -5.08. The molecule has 1 heterocycles. The molecule has 1 aromatic rings. The van der Waals surface area contributed by atoms with Gasteiger partial charge in [0.1, 0.15) is 6.54 Å². The van der Waals surface area contributed by atoms with E-state index in [2.05, 4.69) is 5.32 Å². The van der Waals surface area contributed by atoms with Crippen LogP contribution >= 0.6 is 11.6 Å². The Hall–Kier alpha value is -2.33. The summed E-state index contributed by atoms with van der Waals surface area (Å²) in [5.41, 5.74) is 0.561. The number of rotatable bonds is 5. The van der Waals surface area contributed by atoms with Crippen LogP contribution in [0.3, 0.4) is 0 Å². The summed E-state index contributed by atoms with van der Waals surface area (Å²) in [7, 11) is 0. The van der Waals surface area contributed by atoms with Crippen molar-refractivity contribution in [3.05, 3.63) is 34.9 Å². The van der Waals surface area contributed by atoms with Crippen molar-refractivity contribution in [2.45, 2.75) is 19.5 Å². The Morgan fingerprint density at radius 2 is 1.69 bits per heavy atom. The molecule has 2 amide bonds. The number of piperazine rings is 1. The van der Waals surface area contributed by atoms with Crippen molar-refractivity contribution >= 4 is 29.4 Å². The molecule has 11 heteroatoms. The number of hydrogen-bond acceptors (Lipinski definition) is 4. The highest BCUT2D eigenvalue weighted by atomic mass is 35.5. The maximum Gasteiger partial charge on any atom is 0.490 e. The molecule has 162 valence electrons. The SMILES string of the molecule is CCCN(CC(=O)N1CCNCC1)C(=O)c1ccc(Cl)cc1.O=C(O)C(F)(F)F. The molecule has 1 saturated heterocycles. The lowest BCUT2D eigenvalue weighted by Crippen LogP contribution is -2.50. The van der Waals surface area contributed by atoms with Crippen LogP contribution in [-0.4, -0.2) is 78.1 Å². The standard InChI is InChI=1S/C16H22ClN3O2.C2HF3O2/c1-2-9-20(12-15(21)19-10-7-18-8-11-19)16(22)13-3-5-14(17)6-4-13;3-2(4,5)1(6)7/h3-6,18H,2,7-12H2,1H3;(H,6,7). The molecule has 0 unspecified atom stereocenters. The average molecular weight is 438 g/mol. The number of nitrogens with one attached hydrogen (secondary N) is 1. The molecule has 1 fully saturated rings. The second kappa shape index (κ2) is 11.6. The molecule has 7 nitrogen and oxygen atoms in total. The highest BCUT2D eigenvalue weighted by molar-refractivity contribution is 6.30. The third-order valence-corrected chi connectivity index (χ3v) is 4.16. The van der Waals surface area contributed by atoms with Gasteiger partial charge in [0.05, 0.1) is 0 Å². The summed E-state index contributed by atoms with van der Waals surface area (Å²) in [5.74, 6) is -2.87. The third kappa shape index (κ3) is 8.70. The van der Waals surface area contributed by atoms with Gasteiger partial charge in [-0.2, -0.15) is 13.2 Å². The number of nitrogens with zero attached hydrogens (tertiary/aromatic N) is 2. The van der Waals surface area contributed by atoms with E-state index in [4.69, 9.17) is 21.5 Å². The van der Waals surface area contributed by atoms with Gasteiger partial charge in [-0.05, 0) is 30.7 Å². The quantitative estimate of drug-likeness (QED) is 0.737. The van der Waals surface area contributed by atoms with E-state index in [0.717, 1.165) is 19.5 Å². The first-order valence-electron chi connectivity index (χ1n) is 8.89. The summed E-state index contributed by atoms with van der Waals surface area (Å²) in [6.07, 6.45) is -4.27. The number of carboxylic acids is 1. The molecule has 29 heavy (non-hydrogen) atoms. The smallest absolute Gasteiger partial charge is 0.475 e. The van der Waals surface area contributed by atoms with Gasteiger partial charge in [0.2, 0.25) is 5.91 Å². The van der Waals surface area contributed by atoms with Crippen LogP contribution in [0.4, 0.5) is 13.2 Å². The van der Waals surface area contributed by atoms with Crippen molar-refractivity contribution in [3.8, 4) is 0 Å². The van der Waals surface area contributed by atoms with E-state index < -0.39 is 12.1 Å². The molecule has 1 aromatic carbocycles. The van der Waals surface area contributed by atoms with Crippen LogP contribution in [0.2, 0.25) is 5.02 Å². The fourth-order valence-corrected chi connectivity index (χ4v) is 2.60. The van der Waals surface area contributed by atoms with Gasteiger partial charge in [0, 0.05) is 43.3 Å². The minimum Gasteiger partial charge on any atom is -0.475 e. The zero-order valence-electron chi connectivity index (χ0n) is 15.8. The number of amides is 2. The third-order valence-electron chi connectivity index (χ3n) is 3.91. The number of carbonyl (C=O) groups is 3. The molecule has 0 radical (unpaired) electrons. The summed E-state index contributed by atoms with van der Waals surface area (Å²) in [5, 5.41) is 10.9. The largest absolute Gasteiger partial charge is 0.490 e. The normalized spacial score (nSPS) is 13.9. The lowest BCUT2D eigenvalue weighted by Gasteiger charge is -2.30. The molecule has 1 aliphatic rings. The van der Waals surface area contributed by atoms with E-state index in [0.29, 0.717) is 30.2 Å². The number of benzene rings is 1. The van der Waals surface area contributed by atoms with E-state index in [-0.39, 0.29) is 18.4 Å². The highest BCUT2D eigenvalue weighted by Gasteiger charge is 2.38. The van der Waals surface area contributed by atoms with Crippen molar-refractivity contribution in [2.75, 3.05) is 39.3 Å². The first-order chi connectivity index (χ1) is 13.6. The van der Waals surface area contributed by atoms with Crippen molar-refractivity contribution in [1.82, 2.24) is 15.1 Å². The minimum absolute atomic E-state index is 0.0114. The van der Waals surface area contributed by atoms with Gasteiger partial charge >= 0.3 is 12.1 Å². The van der Waals surface area contributed by atoms with Crippen molar-refractivity contribution < 1.29 is 32.7 Å². The van der Waals surface area contributed by atoms with Gasteiger partial charge in [-0.25, -0.2) is 4.79 Å². The summed E-state index contributed by atoms with van der Waals surface area (Å²) in [4.78, 5) is 37.2. The van der Waals surface area contributed by atoms with Crippen molar-refractivity contribution in [2.24, 2.45) is 0 Å². The summed E-state index contributed by atoms with van der Waals surface area (Å²) in [6.45, 7) is 5.73. The Balaban J connectivity index is 0.000000516. The molecule has 2 N–H and O–H groups in total. The van der Waals surface area contributed by atoms with Crippen LogP contribution in [0.15, 0.2) is 24.3 Å². The second-order valence-corrected chi connectivity index (χ2v) is 6.60. The molecule has 0 aliphatic carbocycles. The summed E-state index contributed by atoms with van der Waals surface area (Å²) in [6, 6.07) is 6.78. The average Bonchev–Trinajstić information content (AvgIpc) is 2.68. The van der Waals surface area contributed by atoms with Gasteiger partial charge in [0.15, 0.2) is 0 Å². The van der Waals surface area contributed by atoms with E-state index in [1.807, 2.05) is 11.8 Å². The van der Waals surface area contributed by atoms with Gasteiger partial charge in [-0.1, -0.05) is 18.5 Å². The lowest BCUT2D eigenvalue weighted by molar-refractivity contribution is -0.192. The number of carboxylic acid groups (broad SMARTS) is 1. The van der Waals surface area contributed by atoms with E-state index in [9.17, 15) is 22.8 Å². The van der Waals surface area contributed by atoms with E-state index >= 15 is 0 Å². The maximum absolute atomic E-state index is 12.6. The van der Waals surface area contributed by atoms with Gasteiger partial charge in [-0.15, -0.1) is 0 Å². The molecule has 0 atom stereocenters. The fourth-order valence-electron chi connectivity index (χ4n) is 2.47. The van der Waals surface area contributed by atoms with Gasteiger partial charge in [-0.3, -0.25) is 9.59 Å². The van der Waals surface area contributed by atoms with Crippen molar-refractivity contribution in [1.29, 1.82) is 0 Å². The molecule has 0 aromatic heterocycles. The summed E-state index contributed by atoms with van der Waals surface area (Å²) >= 11 is 5.85. The molecular weight excluding hydrogens is 415 g/mol. The predicted molar refractivity (Wildman–Crippen MR) is 101 cm³/mol. The number of aliphatic carboxylic acids is 1. The van der Waals surface area contributed by atoms with Crippen molar-refractivity contribution in [3.63, 3.8) is 0 Å².